The second-order valence-electron chi connectivity index (χ2n) is 5.54. The molecular weight excluding hydrogens is 342 g/mol. The molecule has 0 radical (unpaired) electrons. The van der Waals surface area contributed by atoms with E-state index in [9.17, 15) is 8.42 Å². The maximum atomic E-state index is 12.3. The van der Waals surface area contributed by atoms with E-state index < -0.39 is 10.0 Å². The van der Waals surface area contributed by atoms with E-state index in [1.165, 1.54) is 0 Å². The summed E-state index contributed by atoms with van der Waals surface area (Å²) in [7, 11) is -0.455. The summed E-state index contributed by atoms with van der Waals surface area (Å²) in [6, 6.07) is 10.2. The normalized spacial score (nSPS) is 11.2. The van der Waals surface area contributed by atoms with Gasteiger partial charge in [-0.25, -0.2) is 13.1 Å². The number of sulfonamides is 1. The number of hydrogen-bond donors (Lipinski definition) is 1. The molecule has 0 atom stereocenters. The Hall–Kier alpha value is -2.25. The van der Waals surface area contributed by atoms with Crippen LogP contribution >= 0.6 is 0 Å². The van der Waals surface area contributed by atoms with Gasteiger partial charge in [0.15, 0.2) is 0 Å². The molecule has 7 heteroatoms. The molecule has 0 bridgehead atoms. The van der Waals surface area contributed by atoms with Gasteiger partial charge in [-0.3, -0.25) is 0 Å². The Bertz CT molecular complexity index is 811. The summed E-state index contributed by atoms with van der Waals surface area (Å²) in [5, 5.41) is 0. The van der Waals surface area contributed by atoms with E-state index in [1.54, 1.807) is 50.6 Å². The molecule has 0 aliphatic carbocycles. The number of hydrogen-bond acceptors (Lipinski definition) is 5. The zero-order chi connectivity index (χ0) is 18.4. The quantitative estimate of drug-likeness (QED) is 0.728. The number of rotatable bonds is 8. The van der Waals surface area contributed by atoms with E-state index in [1.807, 2.05) is 13.8 Å². The topological polar surface area (TPSA) is 73.9 Å². The van der Waals surface area contributed by atoms with E-state index in [-0.39, 0.29) is 18.0 Å². The maximum absolute atomic E-state index is 12.3. The van der Waals surface area contributed by atoms with E-state index >= 15 is 0 Å². The summed E-state index contributed by atoms with van der Waals surface area (Å²) in [6.07, 6.45) is 0. The lowest BCUT2D eigenvalue weighted by Crippen LogP contribution is -2.28. The van der Waals surface area contributed by atoms with Gasteiger partial charge in [0, 0.05) is 24.7 Å². The van der Waals surface area contributed by atoms with Crippen molar-refractivity contribution < 1.29 is 22.6 Å². The predicted molar refractivity (Wildman–Crippen MR) is 96.1 cm³/mol. The van der Waals surface area contributed by atoms with Gasteiger partial charge in [-0.15, -0.1) is 0 Å². The van der Waals surface area contributed by atoms with Crippen molar-refractivity contribution in [2.75, 3.05) is 27.4 Å². The zero-order valence-electron chi connectivity index (χ0n) is 14.8. The highest BCUT2D eigenvalue weighted by Gasteiger charge is 2.14. The molecule has 0 aromatic heterocycles. The van der Waals surface area contributed by atoms with Gasteiger partial charge in [0.1, 0.15) is 23.9 Å². The van der Waals surface area contributed by atoms with E-state index in [0.29, 0.717) is 17.2 Å². The first-order valence-electron chi connectivity index (χ1n) is 7.78. The van der Waals surface area contributed by atoms with Crippen LogP contribution in [0, 0.1) is 13.8 Å². The zero-order valence-corrected chi connectivity index (χ0v) is 15.6. The Morgan fingerprint density at radius 1 is 0.880 bits per heavy atom. The molecule has 0 aliphatic rings. The molecule has 25 heavy (non-hydrogen) atoms. The molecule has 136 valence electrons. The Balaban J connectivity index is 1.95. The van der Waals surface area contributed by atoms with Crippen molar-refractivity contribution in [1.82, 2.24) is 4.72 Å². The number of methoxy groups -OCH3 is 2. The third-order valence-electron chi connectivity index (χ3n) is 3.78. The van der Waals surface area contributed by atoms with Crippen molar-refractivity contribution in [3.63, 3.8) is 0 Å². The summed E-state index contributed by atoms with van der Waals surface area (Å²) in [4.78, 5) is 0.249. The number of ether oxygens (including phenoxy) is 3. The minimum absolute atomic E-state index is 0.148. The van der Waals surface area contributed by atoms with Crippen LogP contribution in [0.2, 0.25) is 0 Å². The largest absolute Gasteiger partial charge is 0.496 e. The van der Waals surface area contributed by atoms with Crippen molar-refractivity contribution in [1.29, 1.82) is 0 Å². The number of benzene rings is 2. The minimum Gasteiger partial charge on any atom is -0.496 e. The van der Waals surface area contributed by atoms with Gasteiger partial charge in [0.2, 0.25) is 10.0 Å². The van der Waals surface area contributed by atoms with Crippen LogP contribution in [0.15, 0.2) is 41.3 Å². The third kappa shape index (κ3) is 5.11. The summed E-state index contributed by atoms with van der Waals surface area (Å²) >= 11 is 0. The van der Waals surface area contributed by atoms with Crippen molar-refractivity contribution in [2.45, 2.75) is 18.7 Å². The monoisotopic (exact) mass is 365 g/mol. The molecule has 0 heterocycles. The van der Waals surface area contributed by atoms with E-state index in [0.717, 1.165) is 11.1 Å². The SMILES string of the molecule is COc1cc(OC)cc(OCCNS(=O)(=O)c2ccc(C)c(C)c2)c1. The molecule has 6 nitrogen and oxygen atoms in total. The lowest BCUT2D eigenvalue weighted by molar-refractivity contribution is 0.316. The van der Waals surface area contributed by atoms with Crippen LogP contribution in [-0.4, -0.2) is 35.8 Å². The average molecular weight is 365 g/mol. The summed E-state index contributed by atoms with van der Waals surface area (Å²) in [5.74, 6) is 1.75. The van der Waals surface area contributed by atoms with Gasteiger partial charge in [-0.1, -0.05) is 6.07 Å². The first-order chi connectivity index (χ1) is 11.9. The molecule has 2 rings (SSSR count). The van der Waals surface area contributed by atoms with Gasteiger partial charge >= 0.3 is 0 Å². The lowest BCUT2D eigenvalue weighted by atomic mass is 10.1. The Morgan fingerprint density at radius 2 is 1.48 bits per heavy atom. The second kappa shape index (κ2) is 8.22. The number of aryl methyl sites for hydroxylation is 2. The Labute approximate surface area is 148 Å². The molecule has 2 aromatic rings. The van der Waals surface area contributed by atoms with Crippen LogP contribution in [-0.2, 0) is 10.0 Å². The first-order valence-corrected chi connectivity index (χ1v) is 9.27. The number of nitrogens with one attached hydrogen (secondary N) is 1. The van der Waals surface area contributed by atoms with Crippen molar-refractivity contribution in [2.24, 2.45) is 0 Å². The van der Waals surface area contributed by atoms with Crippen LogP contribution in [0.25, 0.3) is 0 Å². The Kier molecular flexibility index (Phi) is 6.27. The smallest absolute Gasteiger partial charge is 0.240 e. The molecule has 0 unspecified atom stereocenters. The molecule has 0 amide bonds. The van der Waals surface area contributed by atoms with Gasteiger partial charge in [0.05, 0.1) is 19.1 Å². The fourth-order valence-electron chi connectivity index (χ4n) is 2.17. The van der Waals surface area contributed by atoms with E-state index in [2.05, 4.69) is 4.72 Å². The third-order valence-corrected chi connectivity index (χ3v) is 5.24. The molecule has 0 spiro atoms. The molecule has 0 fully saturated rings. The van der Waals surface area contributed by atoms with Gasteiger partial charge < -0.3 is 14.2 Å². The highest BCUT2D eigenvalue weighted by molar-refractivity contribution is 7.89. The maximum Gasteiger partial charge on any atom is 0.240 e. The minimum atomic E-state index is -3.56. The van der Waals surface area contributed by atoms with E-state index in [4.69, 9.17) is 14.2 Å². The fourth-order valence-corrected chi connectivity index (χ4v) is 3.27. The molecule has 0 saturated heterocycles. The highest BCUT2D eigenvalue weighted by Crippen LogP contribution is 2.27. The first kappa shape index (κ1) is 19.1. The Morgan fingerprint density at radius 3 is 2.04 bits per heavy atom. The lowest BCUT2D eigenvalue weighted by Gasteiger charge is -2.11. The molecule has 2 aromatic carbocycles. The van der Waals surface area contributed by atoms with Crippen LogP contribution in [0.4, 0.5) is 0 Å². The molecule has 1 N–H and O–H groups in total. The van der Waals surface area contributed by atoms with Crippen LogP contribution in [0.3, 0.4) is 0 Å². The molecular formula is C18H23NO5S. The molecule has 0 saturated carbocycles. The molecule has 0 aliphatic heterocycles. The van der Waals surface area contributed by atoms with Crippen molar-refractivity contribution in [3.05, 3.63) is 47.5 Å². The second-order valence-corrected chi connectivity index (χ2v) is 7.31. The van der Waals surface area contributed by atoms with Gasteiger partial charge in [0.25, 0.3) is 0 Å². The highest BCUT2D eigenvalue weighted by atomic mass is 32.2. The van der Waals surface area contributed by atoms with Crippen LogP contribution in [0.5, 0.6) is 17.2 Å². The van der Waals surface area contributed by atoms with Gasteiger partial charge in [-0.2, -0.15) is 0 Å². The fraction of sp³-hybridized carbons (Fsp3) is 0.333. The summed E-state index contributed by atoms with van der Waals surface area (Å²) in [6.45, 7) is 4.15. The van der Waals surface area contributed by atoms with Crippen molar-refractivity contribution >= 4 is 10.0 Å². The summed E-state index contributed by atoms with van der Waals surface area (Å²) in [5.41, 5.74) is 1.98. The predicted octanol–water partition coefficient (Wildman–Crippen LogP) is 2.68. The summed E-state index contributed by atoms with van der Waals surface area (Å²) < 4.78 is 43.0. The van der Waals surface area contributed by atoms with Crippen molar-refractivity contribution in [3.8, 4) is 17.2 Å². The average Bonchev–Trinajstić information content (AvgIpc) is 2.60. The van der Waals surface area contributed by atoms with Crippen LogP contribution in [0.1, 0.15) is 11.1 Å². The van der Waals surface area contributed by atoms with Crippen LogP contribution < -0.4 is 18.9 Å². The van der Waals surface area contributed by atoms with Gasteiger partial charge in [-0.05, 0) is 37.1 Å². The standard InChI is InChI=1S/C18H23NO5S/c1-13-5-6-18(9-14(13)2)25(20,21)19-7-8-24-17-11-15(22-3)10-16(12-17)23-4/h5-6,9-12,19H,7-8H2,1-4H3.